The van der Waals surface area contributed by atoms with Gasteiger partial charge < -0.3 is 5.11 Å². The number of carboxylic acid groups (broad SMARTS) is 1. The molecule has 0 radical (unpaired) electrons. The Morgan fingerprint density at radius 1 is 1.20 bits per heavy atom. The van der Waals surface area contributed by atoms with E-state index in [2.05, 4.69) is 30.8 Å². The first-order chi connectivity index (χ1) is 12.1. The van der Waals surface area contributed by atoms with E-state index in [4.69, 9.17) is 0 Å². The third-order valence-corrected chi connectivity index (χ3v) is 4.37. The summed E-state index contributed by atoms with van der Waals surface area (Å²) < 4.78 is 0. The number of aromatic amines is 2. The number of nitrogens with zero attached hydrogens (tertiary/aromatic N) is 4. The molecule has 8 nitrogen and oxygen atoms in total. The number of aromatic nitrogens is 6. The molecule has 3 N–H and O–H groups in total. The molecule has 2 heterocycles. The largest absolute Gasteiger partial charge is 0.481 e. The van der Waals surface area contributed by atoms with Gasteiger partial charge in [0, 0.05) is 17.7 Å². The van der Waals surface area contributed by atoms with Crippen LogP contribution in [0.15, 0.2) is 36.7 Å². The minimum atomic E-state index is -0.847. The van der Waals surface area contributed by atoms with Crippen LogP contribution in [0.2, 0.25) is 0 Å². The third kappa shape index (κ3) is 3.73. The lowest BCUT2D eigenvalue weighted by atomic mass is 9.79. The number of hydrogen-bond acceptors (Lipinski definition) is 5. The monoisotopic (exact) mass is 340 g/mol. The van der Waals surface area contributed by atoms with E-state index in [0.717, 1.165) is 16.7 Å². The highest BCUT2D eigenvalue weighted by Gasteiger charge is 2.34. The minimum absolute atomic E-state index is 0.0498. The van der Waals surface area contributed by atoms with Crippen LogP contribution in [0.5, 0.6) is 0 Å². The van der Waals surface area contributed by atoms with E-state index < -0.39 is 11.9 Å². The van der Waals surface area contributed by atoms with Crippen molar-refractivity contribution in [2.75, 3.05) is 0 Å². The number of carboxylic acids is 1. The Labute approximate surface area is 144 Å². The average molecular weight is 340 g/mol. The number of carbonyl (C=O) groups is 1. The van der Waals surface area contributed by atoms with E-state index in [-0.39, 0.29) is 11.8 Å². The number of hydrogen-bond donors (Lipinski definition) is 3. The maximum atomic E-state index is 11.8. The molecule has 0 bridgehead atoms. The van der Waals surface area contributed by atoms with Gasteiger partial charge in [-0.3, -0.25) is 9.89 Å². The first-order valence-electron chi connectivity index (χ1n) is 8.10. The predicted octanol–water partition coefficient (Wildman–Crippen LogP) is 2.27. The summed E-state index contributed by atoms with van der Waals surface area (Å²) >= 11 is 0. The van der Waals surface area contributed by atoms with E-state index in [1.165, 1.54) is 0 Å². The number of tetrazole rings is 1. The van der Waals surface area contributed by atoms with Crippen LogP contribution < -0.4 is 0 Å². The van der Waals surface area contributed by atoms with Crippen LogP contribution in [0.3, 0.4) is 0 Å². The van der Waals surface area contributed by atoms with Crippen LogP contribution in [-0.4, -0.2) is 41.9 Å². The zero-order chi connectivity index (χ0) is 17.8. The summed E-state index contributed by atoms with van der Waals surface area (Å²) in [6, 6.07) is 7.99. The summed E-state index contributed by atoms with van der Waals surface area (Å²) in [5, 5.41) is 30.5. The molecule has 3 aromatic rings. The van der Waals surface area contributed by atoms with Crippen molar-refractivity contribution in [1.82, 2.24) is 30.8 Å². The van der Waals surface area contributed by atoms with Crippen molar-refractivity contribution in [3.05, 3.63) is 48.0 Å². The van der Waals surface area contributed by atoms with Crippen molar-refractivity contribution >= 4 is 5.97 Å². The van der Waals surface area contributed by atoms with Crippen molar-refractivity contribution < 1.29 is 9.90 Å². The number of aliphatic carboxylic acids is 1. The second-order valence-electron chi connectivity index (χ2n) is 6.37. The van der Waals surface area contributed by atoms with Crippen molar-refractivity contribution in [2.24, 2.45) is 11.8 Å². The molecule has 0 spiro atoms. The standard InChI is InChI=1S/C17H20N6O2/c1-10(2)15(17(24)25)14(16-20-22-23-21-16)7-11-3-5-12(6-4-11)13-8-18-19-9-13/h3-6,8-10,14-15H,7H2,1-2H3,(H,18,19)(H,24,25)(H,20,21,22,23). The molecule has 2 aromatic heterocycles. The molecule has 130 valence electrons. The van der Waals surface area contributed by atoms with Gasteiger partial charge >= 0.3 is 5.97 Å². The number of benzene rings is 1. The van der Waals surface area contributed by atoms with Crippen molar-refractivity contribution in [3.8, 4) is 11.1 Å². The molecule has 0 fully saturated rings. The highest BCUT2D eigenvalue weighted by Crippen LogP contribution is 2.32. The van der Waals surface area contributed by atoms with Crippen molar-refractivity contribution in [1.29, 1.82) is 0 Å². The average Bonchev–Trinajstić information content (AvgIpc) is 3.28. The van der Waals surface area contributed by atoms with E-state index in [1.54, 1.807) is 6.20 Å². The zero-order valence-corrected chi connectivity index (χ0v) is 14.0. The summed E-state index contributed by atoms with van der Waals surface area (Å²) in [6.07, 6.45) is 4.12. The van der Waals surface area contributed by atoms with Gasteiger partial charge in [0.25, 0.3) is 0 Å². The lowest BCUT2D eigenvalue weighted by molar-refractivity contribution is -0.144. The fourth-order valence-electron chi connectivity index (χ4n) is 3.12. The van der Waals surface area contributed by atoms with E-state index in [0.29, 0.717) is 12.2 Å². The van der Waals surface area contributed by atoms with Gasteiger partial charge in [-0.25, -0.2) is 0 Å². The molecule has 2 unspecified atom stereocenters. The minimum Gasteiger partial charge on any atom is -0.481 e. The second kappa shape index (κ2) is 7.25. The Hall–Kier alpha value is -3.03. The molecule has 0 aliphatic heterocycles. The van der Waals surface area contributed by atoms with E-state index in [9.17, 15) is 9.90 Å². The predicted molar refractivity (Wildman–Crippen MR) is 90.6 cm³/mol. The molecule has 0 saturated carbocycles. The SMILES string of the molecule is CC(C)C(C(=O)O)C(Cc1ccc(-c2cn[nH]c2)cc1)c1nn[nH]n1. The number of nitrogens with one attached hydrogen (secondary N) is 2. The van der Waals surface area contributed by atoms with Crippen molar-refractivity contribution in [2.45, 2.75) is 26.2 Å². The van der Waals surface area contributed by atoms with Gasteiger partial charge in [-0.2, -0.15) is 10.3 Å². The van der Waals surface area contributed by atoms with Gasteiger partial charge in [-0.05, 0) is 23.5 Å². The van der Waals surface area contributed by atoms with Crippen LogP contribution in [0.4, 0.5) is 0 Å². The van der Waals surface area contributed by atoms with Crippen LogP contribution in [0, 0.1) is 11.8 Å². The first-order valence-corrected chi connectivity index (χ1v) is 8.10. The lowest BCUT2D eigenvalue weighted by Crippen LogP contribution is -2.29. The van der Waals surface area contributed by atoms with E-state index >= 15 is 0 Å². The van der Waals surface area contributed by atoms with Gasteiger partial charge in [0.2, 0.25) is 0 Å². The third-order valence-electron chi connectivity index (χ3n) is 4.37. The molecule has 1 aromatic carbocycles. The van der Waals surface area contributed by atoms with E-state index in [1.807, 2.05) is 44.3 Å². The molecule has 25 heavy (non-hydrogen) atoms. The fraction of sp³-hybridized carbons (Fsp3) is 0.353. The zero-order valence-electron chi connectivity index (χ0n) is 14.0. The summed E-state index contributed by atoms with van der Waals surface area (Å²) in [5.74, 6) is -1.41. The molecule has 2 atom stereocenters. The first kappa shape index (κ1) is 16.8. The topological polar surface area (TPSA) is 120 Å². The molecular formula is C17H20N6O2. The Morgan fingerprint density at radius 2 is 1.96 bits per heavy atom. The molecule has 0 amide bonds. The molecule has 0 aliphatic carbocycles. The van der Waals surface area contributed by atoms with Crippen LogP contribution in [0.1, 0.15) is 31.2 Å². The Balaban J connectivity index is 1.86. The maximum absolute atomic E-state index is 11.8. The van der Waals surface area contributed by atoms with Gasteiger partial charge in [-0.15, -0.1) is 10.2 Å². The van der Waals surface area contributed by atoms with Crippen molar-refractivity contribution in [3.63, 3.8) is 0 Å². The highest BCUT2D eigenvalue weighted by atomic mass is 16.4. The van der Waals surface area contributed by atoms with Gasteiger partial charge in [0.1, 0.15) is 0 Å². The normalized spacial score (nSPS) is 13.7. The van der Waals surface area contributed by atoms with Crippen LogP contribution >= 0.6 is 0 Å². The number of rotatable bonds is 7. The molecular weight excluding hydrogens is 320 g/mol. The molecule has 0 aliphatic rings. The highest BCUT2D eigenvalue weighted by molar-refractivity contribution is 5.71. The number of H-pyrrole nitrogens is 2. The Bertz CT molecular complexity index is 796. The summed E-state index contributed by atoms with van der Waals surface area (Å²) in [7, 11) is 0. The smallest absolute Gasteiger partial charge is 0.307 e. The molecule has 3 rings (SSSR count). The van der Waals surface area contributed by atoms with Gasteiger partial charge in [-0.1, -0.05) is 43.3 Å². The van der Waals surface area contributed by atoms with Crippen LogP contribution in [-0.2, 0) is 11.2 Å². The quantitative estimate of drug-likeness (QED) is 0.607. The fourth-order valence-corrected chi connectivity index (χ4v) is 3.12. The summed E-state index contributed by atoms with van der Waals surface area (Å²) in [6.45, 7) is 3.79. The van der Waals surface area contributed by atoms with Crippen LogP contribution in [0.25, 0.3) is 11.1 Å². The van der Waals surface area contributed by atoms with Gasteiger partial charge in [0.05, 0.1) is 12.1 Å². The summed E-state index contributed by atoms with van der Waals surface area (Å²) in [4.78, 5) is 11.8. The summed E-state index contributed by atoms with van der Waals surface area (Å²) in [5.41, 5.74) is 3.08. The molecule has 0 saturated heterocycles. The Kier molecular flexibility index (Phi) is 4.87. The van der Waals surface area contributed by atoms with Gasteiger partial charge in [0.15, 0.2) is 5.82 Å². The second-order valence-corrected chi connectivity index (χ2v) is 6.37. The maximum Gasteiger partial charge on any atom is 0.307 e. The lowest BCUT2D eigenvalue weighted by Gasteiger charge is -2.24. The molecule has 8 heteroatoms. The Morgan fingerprint density at radius 3 is 2.48 bits per heavy atom.